The first kappa shape index (κ1) is 20.9. The third kappa shape index (κ3) is 3.83. The van der Waals surface area contributed by atoms with E-state index in [-0.39, 0.29) is 33.9 Å². The maximum absolute atomic E-state index is 13.0. The normalized spacial score (nSPS) is 12.5. The summed E-state index contributed by atoms with van der Waals surface area (Å²) in [5.41, 5.74) is 1.53. The molecule has 0 aliphatic carbocycles. The lowest BCUT2D eigenvalue weighted by molar-refractivity contribution is -0.116. The summed E-state index contributed by atoms with van der Waals surface area (Å²) in [5, 5.41) is 2.60. The molecule has 7 nitrogen and oxygen atoms in total. The Bertz CT molecular complexity index is 1250. The van der Waals surface area contributed by atoms with Crippen molar-refractivity contribution in [1.29, 1.82) is 0 Å². The molecular formula is C25H18N2O5. The molecule has 0 atom stereocenters. The molecule has 1 aliphatic rings. The monoisotopic (exact) mass is 426 g/mol. The number of nitrogens with zero attached hydrogens (tertiary/aromatic N) is 1. The van der Waals surface area contributed by atoms with Gasteiger partial charge in [-0.1, -0.05) is 42.5 Å². The Morgan fingerprint density at radius 2 is 1.38 bits per heavy atom. The third-order valence-electron chi connectivity index (χ3n) is 5.16. The topological polar surface area (TPSA) is 101 Å². The third-order valence-corrected chi connectivity index (χ3v) is 5.16. The van der Waals surface area contributed by atoms with Crippen LogP contribution in [0.3, 0.4) is 0 Å². The predicted octanol–water partition coefficient (Wildman–Crippen LogP) is 3.35. The summed E-state index contributed by atoms with van der Waals surface area (Å²) >= 11 is 0. The van der Waals surface area contributed by atoms with Crippen LogP contribution in [0.25, 0.3) is 0 Å². The van der Waals surface area contributed by atoms with Crippen LogP contribution in [-0.4, -0.2) is 40.7 Å². The Morgan fingerprint density at radius 1 is 0.781 bits per heavy atom. The van der Waals surface area contributed by atoms with Crippen molar-refractivity contribution in [3.63, 3.8) is 0 Å². The van der Waals surface area contributed by atoms with Crippen LogP contribution >= 0.6 is 0 Å². The maximum Gasteiger partial charge on any atom is 0.262 e. The van der Waals surface area contributed by atoms with E-state index in [9.17, 15) is 24.0 Å². The first-order valence-electron chi connectivity index (χ1n) is 9.86. The molecule has 4 rings (SSSR count). The summed E-state index contributed by atoms with van der Waals surface area (Å²) in [5.74, 6) is -2.33. The van der Waals surface area contributed by atoms with Gasteiger partial charge in [-0.2, -0.15) is 0 Å². The van der Waals surface area contributed by atoms with Crippen LogP contribution in [0.15, 0.2) is 72.8 Å². The van der Waals surface area contributed by atoms with E-state index >= 15 is 0 Å². The molecule has 0 saturated heterocycles. The van der Waals surface area contributed by atoms with Crippen LogP contribution in [0.4, 0.5) is 5.69 Å². The van der Waals surface area contributed by atoms with E-state index in [0.717, 1.165) is 4.90 Å². The van der Waals surface area contributed by atoms with Crippen molar-refractivity contribution >= 4 is 35.0 Å². The van der Waals surface area contributed by atoms with E-state index in [1.807, 2.05) is 0 Å². The Labute approximate surface area is 183 Å². The number of anilines is 1. The second-order valence-corrected chi connectivity index (χ2v) is 7.30. The summed E-state index contributed by atoms with van der Waals surface area (Å²) in [4.78, 5) is 63.4. The number of carbonyl (C=O) groups is 5. The van der Waals surface area contributed by atoms with Crippen LogP contribution < -0.4 is 5.32 Å². The number of amides is 3. The summed E-state index contributed by atoms with van der Waals surface area (Å²) in [6.45, 7) is 0.881. The van der Waals surface area contributed by atoms with Gasteiger partial charge in [-0.15, -0.1) is 0 Å². The van der Waals surface area contributed by atoms with Gasteiger partial charge in [0.05, 0.1) is 16.8 Å². The van der Waals surface area contributed by atoms with Crippen LogP contribution in [0.5, 0.6) is 0 Å². The fraction of sp³-hybridized carbons (Fsp3) is 0.0800. The van der Waals surface area contributed by atoms with E-state index in [4.69, 9.17) is 0 Å². The van der Waals surface area contributed by atoms with Crippen molar-refractivity contribution in [1.82, 2.24) is 4.90 Å². The average molecular weight is 426 g/mol. The quantitative estimate of drug-likeness (QED) is 0.481. The number of fused-ring (bicyclic) bond motifs is 1. The van der Waals surface area contributed by atoms with Gasteiger partial charge in [-0.05, 0) is 37.3 Å². The number of nitrogens with one attached hydrogen (secondary N) is 1. The number of benzene rings is 3. The predicted molar refractivity (Wildman–Crippen MR) is 117 cm³/mol. The van der Waals surface area contributed by atoms with E-state index in [1.54, 1.807) is 42.5 Å². The van der Waals surface area contributed by atoms with Gasteiger partial charge in [-0.25, -0.2) is 0 Å². The molecule has 0 fully saturated rings. The molecule has 7 heteroatoms. The number of Topliss-reactive ketones (excluding diaryl/α,β-unsaturated/α-hetero) is 1. The van der Waals surface area contributed by atoms with Crippen molar-refractivity contribution < 1.29 is 24.0 Å². The fourth-order valence-corrected chi connectivity index (χ4v) is 3.52. The molecule has 0 bridgehead atoms. The summed E-state index contributed by atoms with van der Waals surface area (Å²) in [7, 11) is 0. The molecule has 1 aliphatic heterocycles. The molecule has 0 spiro atoms. The van der Waals surface area contributed by atoms with Crippen molar-refractivity contribution in [3.8, 4) is 0 Å². The Hall–Kier alpha value is -4.39. The first-order valence-corrected chi connectivity index (χ1v) is 9.86. The zero-order chi connectivity index (χ0) is 22.8. The minimum atomic E-state index is -0.641. The number of imide groups is 1. The molecule has 0 unspecified atom stereocenters. The summed E-state index contributed by atoms with van der Waals surface area (Å²) in [6, 6.07) is 19.2. The second-order valence-electron chi connectivity index (χ2n) is 7.30. The molecule has 1 heterocycles. The molecule has 3 amide bonds. The van der Waals surface area contributed by atoms with Gasteiger partial charge in [0.1, 0.15) is 6.54 Å². The molecule has 3 aromatic rings. The van der Waals surface area contributed by atoms with Gasteiger partial charge in [0, 0.05) is 16.7 Å². The smallest absolute Gasteiger partial charge is 0.262 e. The highest BCUT2D eigenvalue weighted by Gasteiger charge is 2.36. The van der Waals surface area contributed by atoms with E-state index in [2.05, 4.69) is 5.32 Å². The fourth-order valence-electron chi connectivity index (χ4n) is 3.52. The maximum atomic E-state index is 13.0. The molecule has 158 valence electrons. The number of hydrogen-bond donors (Lipinski definition) is 1. The lowest BCUT2D eigenvalue weighted by Gasteiger charge is -2.16. The number of rotatable bonds is 6. The molecular weight excluding hydrogens is 408 g/mol. The van der Waals surface area contributed by atoms with Gasteiger partial charge < -0.3 is 5.32 Å². The zero-order valence-corrected chi connectivity index (χ0v) is 17.1. The van der Waals surface area contributed by atoms with E-state index in [0.29, 0.717) is 11.1 Å². The van der Waals surface area contributed by atoms with Gasteiger partial charge in [0.25, 0.3) is 11.8 Å². The van der Waals surface area contributed by atoms with Crippen LogP contribution in [0.2, 0.25) is 0 Å². The first-order chi connectivity index (χ1) is 15.4. The molecule has 0 saturated carbocycles. The number of hydrogen-bond acceptors (Lipinski definition) is 5. The minimum Gasteiger partial charge on any atom is -0.324 e. The highest BCUT2D eigenvalue weighted by Crippen LogP contribution is 2.24. The van der Waals surface area contributed by atoms with Crippen molar-refractivity contribution in [3.05, 3.63) is 101 Å². The standard InChI is InChI=1S/C25H18N2O5/c1-15(28)17-11-12-21(20(13-17)23(30)16-7-3-2-4-8-16)26-22(29)14-27-24(31)18-9-5-6-10-19(18)25(27)32/h2-13H,14H2,1H3,(H,26,29). The lowest BCUT2D eigenvalue weighted by atomic mass is 9.98. The Kier molecular flexibility index (Phi) is 5.47. The summed E-state index contributed by atoms with van der Waals surface area (Å²) < 4.78 is 0. The molecule has 32 heavy (non-hydrogen) atoms. The zero-order valence-electron chi connectivity index (χ0n) is 17.1. The van der Waals surface area contributed by atoms with Crippen LogP contribution in [0, 0.1) is 0 Å². The lowest BCUT2D eigenvalue weighted by Crippen LogP contribution is -2.37. The van der Waals surface area contributed by atoms with E-state index in [1.165, 1.54) is 37.3 Å². The van der Waals surface area contributed by atoms with Gasteiger partial charge >= 0.3 is 0 Å². The summed E-state index contributed by atoms with van der Waals surface area (Å²) in [6.07, 6.45) is 0. The highest BCUT2D eigenvalue weighted by molar-refractivity contribution is 6.23. The van der Waals surface area contributed by atoms with Gasteiger partial charge in [-0.3, -0.25) is 28.9 Å². The average Bonchev–Trinajstić information content (AvgIpc) is 3.04. The minimum absolute atomic E-state index is 0.139. The van der Waals surface area contributed by atoms with Gasteiger partial charge in [0.15, 0.2) is 11.6 Å². The highest BCUT2D eigenvalue weighted by atomic mass is 16.2. The Morgan fingerprint density at radius 3 is 1.97 bits per heavy atom. The van der Waals surface area contributed by atoms with Gasteiger partial charge in [0.2, 0.25) is 5.91 Å². The van der Waals surface area contributed by atoms with Crippen molar-refractivity contribution in [2.75, 3.05) is 11.9 Å². The molecule has 1 N–H and O–H groups in total. The molecule has 0 aromatic heterocycles. The second kappa shape index (κ2) is 8.39. The molecule has 0 radical (unpaired) electrons. The van der Waals surface area contributed by atoms with Crippen LogP contribution in [0.1, 0.15) is 53.9 Å². The molecule has 3 aromatic carbocycles. The SMILES string of the molecule is CC(=O)c1ccc(NC(=O)CN2C(=O)c3ccccc3C2=O)c(C(=O)c2ccccc2)c1. The van der Waals surface area contributed by atoms with Crippen molar-refractivity contribution in [2.24, 2.45) is 0 Å². The number of ketones is 2. The van der Waals surface area contributed by atoms with Crippen molar-refractivity contribution in [2.45, 2.75) is 6.92 Å². The number of carbonyl (C=O) groups excluding carboxylic acids is 5. The van der Waals surface area contributed by atoms with E-state index < -0.39 is 24.3 Å². The Balaban J connectivity index is 1.60. The largest absolute Gasteiger partial charge is 0.324 e. The van der Waals surface area contributed by atoms with Crippen LogP contribution in [-0.2, 0) is 4.79 Å².